The molecule has 0 spiro atoms. The summed E-state index contributed by atoms with van der Waals surface area (Å²) >= 11 is 0. The Hall–Kier alpha value is -2.34. The smallest absolute Gasteiger partial charge is 0.200 e. The number of halogens is 1. The summed E-state index contributed by atoms with van der Waals surface area (Å²) < 4.78 is 11.3. The van der Waals surface area contributed by atoms with Crippen LogP contribution in [0.15, 0.2) is 64.3 Å². The highest BCUT2D eigenvalue weighted by Gasteiger charge is 2.09. The predicted octanol–water partition coefficient (Wildman–Crippen LogP) is 2.88. The Morgan fingerprint density at radius 2 is 1.96 bits per heavy atom. The van der Waals surface area contributed by atoms with E-state index in [2.05, 4.69) is 11.9 Å². The minimum atomic E-state index is -0.645. The van der Waals surface area contributed by atoms with Gasteiger partial charge in [-0.2, -0.15) is 0 Å². The van der Waals surface area contributed by atoms with Crippen molar-refractivity contribution < 1.29 is 14.3 Å². The zero-order valence-electron chi connectivity index (χ0n) is 13.6. The minimum absolute atomic E-state index is 0. The third kappa shape index (κ3) is 4.39. The van der Waals surface area contributed by atoms with Crippen molar-refractivity contribution in [3.8, 4) is 5.75 Å². The van der Waals surface area contributed by atoms with Crippen molar-refractivity contribution >= 4 is 34.3 Å². The van der Waals surface area contributed by atoms with Gasteiger partial charge in [-0.3, -0.25) is 4.79 Å². The fraction of sp³-hybridized carbons (Fsp3) is 0.211. The van der Waals surface area contributed by atoms with Crippen LogP contribution in [0.5, 0.6) is 5.75 Å². The molecule has 6 heteroatoms. The first-order chi connectivity index (χ1) is 11.7. The van der Waals surface area contributed by atoms with Crippen molar-refractivity contribution in [1.82, 2.24) is 5.32 Å². The molecule has 0 amide bonds. The molecule has 0 aliphatic rings. The lowest BCUT2D eigenvalue weighted by Crippen LogP contribution is -2.31. The molecule has 0 aliphatic heterocycles. The molecule has 0 saturated carbocycles. The highest BCUT2D eigenvalue weighted by molar-refractivity contribution is 5.90. The van der Waals surface area contributed by atoms with E-state index in [1.807, 2.05) is 6.07 Å². The van der Waals surface area contributed by atoms with Gasteiger partial charge in [-0.15, -0.1) is 19.0 Å². The largest absolute Gasteiger partial charge is 0.491 e. The van der Waals surface area contributed by atoms with E-state index < -0.39 is 6.10 Å². The summed E-state index contributed by atoms with van der Waals surface area (Å²) in [5.41, 5.74) is 0.983. The highest BCUT2D eigenvalue weighted by atomic mass is 35.5. The number of ether oxygens (including phenoxy) is 1. The van der Waals surface area contributed by atoms with Crippen LogP contribution in [-0.4, -0.2) is 30.9 Å². The molecule has 3 rings (SSSR count). The normalized spacial score (nSPS) is 11.9. The number of fused-ring (bicyclic) bond motifs is 2. The van der Waals surface area contributed by atoms with E-state index in [0.29, 0.717) is 40.8 Å². The average molecular weight is 362 g/mol. The van der Waals surface area contributed by atoms with E-state index in [9.17, 15) is 9.90 Å². The molecule has 2 aromatic carbocycles. The van der Waals surface area contributed by atoms with Crippen LogP contribution >= 0.6 is 12.4 Å². The number of aliphatic hydroxyl groups is 1. The second-order valence-electron chi connectivity index (χ2n) is 5.50. The van der Waals surface area contributed by atoms with Crippen LogP contribution in [0.25, 0.3) is 21.9 Å². The molecule has 1 atom stereocenters. The summed E-state index contributed by atoms with van der Waals surface area (Å²) in [7, 11) is 0. The fourth-order valence-corrected chi connectivity index (χ4v) is 2.48. The van der Waals surface area contributed by atoms with Crippen LogP contribution in [0, 0.1) is 0 Å². The number of aliphatic hydroxyl groups excluding tert-OH is 1. The van der Waals surface area contributed by atoms with Gasteiger partial charge < -0.3 is 19.6 Å². The Labute approximate surface area is 151 Å². The molecule has 1 heterocycles. The van der Waals surface area contributed by atoms with E-state index in [-0.39, 0.29) is 24.4 Å². The number of hydrogen-bond donors (Lipinski definition) is 2. The minimum Gasteiger partial charge on any atom is -0.491 e. The summed E-state index contributed by atoms with van der Waals surface area (Å²) in [6.07, 6.45) is 1.08. The molecule has 0 radical (unpaired) electrons. The maximum absolute atomic E-state index is 12.6. The Kier molecular flexibility index (Phi) is 6.58. The quantitative estimate of drug-likeness (QED) is 0.384. The van der Waals surface area contributed by atoms with Crippen molar-refractivity contribution in [1.29, 1.82) is 0 Å². The van der Waals surface area contributed by atoms with Crippen molar-refractivity contribution in [3.63, 3.8) is 0 Å². The molecular formula is C19H20ClNO4. The van der Waals surface area contributed by atoms with Gasteiger partial charge in [-0.1, -0.05) is 18.2 Å². The van der Waals surface area contributed by atoms with E-state index >= 15 is 0 Å². The van der Waals surface area contributed by atoms with Gasteiger partial charge in [0.2, 0.25) is 5.43 Å². The third-order valence-electron chi connectivity index (χ3n) is 3.66. The SMILES string of the molecule is C=CCNCC(O)COc1ccc2oc3ccccc3c(=O)c2c1.Cl. The van der Waals surface area contributed by atoms with Gasteiger partial charge in [0.25, 0.3) is 0 Å². The number of hydrogen-bond acceptors (Lipinski definition) is 5. The summed E-state index contributed by atoms with van der Waals surface area (Å²) in [5.74, 6) is 0.521. The van der Waals surface area contributed by atoms with E-state index in [4.69, 9.17) is 9.15 Å². The first-order valence-corrected chi connectivity index (χ1v) is 7.77. The fourth-order valence-electron chi connectivity index (χ4n) is 2.48. The lowest BCUT2D eigenvalue weighted by molar-refractivity contribution is 0.107. The molecule has 3 aromatic rings. The van der Waals surface area contributed by atoms with E-state index in [1.165, 1.54) is 0 Å². The average Bonchev–Trinajstić information content (AvgIpc) is 2.61. The first kappa shape index (κ1) is 19.0. The van der Waals surface area contributed by atoms with Gasteiger partial charge >= 0.3 is 0 Å². The van der Waals surface area contributed by atoms with Crippen LogP contribution in [-0.2, 0) is 0 Å². The summed E-state index contributed by atoms with van der Waals surface area (Å²) in [6, 6.07) is 12.2. The second-order valence-corrected chi connectivity index (χ2v) is 5.50. The molecule has 132 valence electrons. The Bertz CT molecular complexity index is 922. The van der Waals surface area contributed by atoms with Crippen LogP contribution in [0.1, 0.15) is 0 Å². The number of benzene rings is 2. The maximum atomic E-state index is 12.6. The van der Waals surface area contributed by atoms with Crippen LogP contribution in [0.3, 0.4) is 0 Å². The number of nitrogens with one attached hydrogen (secondary N) is 1. The molecule has 0 saturated heterocycles. The standard InChI is InChI=1S/C19H19NO4.ClH/c1-2-9-20-11-13(21)12-23-14-7-8-18-16(10-14)19(22)15-5-3-4-6-17(15)24-18;/h2-8,10,13,20-21H,1,9,11-12H2;1H. The zero-order chi connectivity index (χ0) is 16.9. The van der Waals surface area contributed by atoms with E-state index in [0.717, 1.165) is 0 Å². The van der Waals surface area contributed by atoms with Gasteiger partial charge in [0.15, 0.2) is 0 Å². The van der Waals surface area contributed by atoms with Crippen molar-refractivity contribution in [2.75, 3.05) is 19.7 Å². The summed E-state index contributed by atoms with van der Waals surface area (Å²) in [6.45, 7) is 4.76. The van der Waals surface area contributed by atoms with Gasteiger partial charge in [0.1, 0.15) is 29.6 Å². The molecule has 5 nitrogen and oxygen atoms in total. The van der Waals surface area contributed by atoms with Gasteiger partial charge in [0, 0.05) is 13.1 Å². The summed E-state index contributed by atoms with van der Waals surface area (Å²) in [4.78, 5) is 12.6. The van der Waals surface area contributed by atoms with Gasteiger partial charge in [0.05, 0.1) is 10.8 Å². The van der Waals surface area contributed by atoms with Crippen LogP contribution < -0.4 is 15.5 Å². The highest BCUT2D eigenvalue weighted by Crippen LogP contribution is 2.22. The lowest BCUT2D eigenvalue weighted by atomic mass is 10.1. The van der Waals surface area contributed by atoms with Crippen LogP contribution in [0.4, 0.5) is 0 Å². The number of para-hydroxylation sites is 1. The topological polar surface area (TPSA) is 71.7 Å². The summed E-state index contributed by atoms with van der Waals surface area (Å²) in [5, 5.41) is 13.9. The van der Waals surface area contributed by atoms with Crippen molar-refractivity contribution in [2.45, 2.75) is 6.10 Å². The Balaban J connectivity index is 0.00000225. The van der Waals surface area contributed by atoms with Crippen molar-refractivity contribution in [3.05, 3.63) is 65.3 Å². The number of rotatable bonds is 7. The lowest BCUT2D eigenvalue weighted by Gasteiger charge is -2.13. The van der Waals surface area contributed by atoms with Gasteiger partial charge in [-0.05, 0) is 30.3 Å². The molecule has 2 N–H and O–H groups in total. The molecule has 0 aliphatic carbocycles. The molecular weight excluding hydrogens is 342 g/mol. The molecule has 1 aromatic heterocycles. The molecule has 1 unspecified atom stereocenters. The monoisotopic (exact) mass is 361 g/mol. The Morgan fingerprint density at radius 1 is 1.20 bits per heavy atom. The van der Waals surface area contributed by atoms with Crippen molar-refractivity contribution in [2.24, 2.45) is 0 Å². The molecule has 0 bridgehead atoms. The Morgan fingerprint density at radius 3 is 2.76 bits per heavy atom. The third-order valence-corrected chi connectivity index (χ3v) is 3.66. The second kappa shape index (κ2) is 8.67. The molecule has 25 heavy (non-hydrogen) atoms. The van der Waals surface area contributed by atoms with Crippen LogP contribution in [0.2, 0.25) is 0 Å². The molecule has 0 fully saturated rings. The predicted molar refractivity (Wildman–Crippen MR) is 102 cm³/mol. The zero-order valence-corrected chi connectivity index (χ0v) is 14.4. The first-order valence-electron chi connectivity index (χ1n) is 7.77. The maximum Gasteiger partial charge on any atom is 0.200 e. The van der Waals surface area contributed by atoms with E-state index in [1.54, 1.807) is 42.5 Å². The van der Waals surface area contributed by atoms with Gasteiger partial charge in [-0.25, -0.2) is 0 Å².